The third-order valence-electron chi connectivity index (χ3n) is 2.05. The first kappa shape index (κ1) is 13.5. The Kier molecular flexibility index (Phi) is 3.52. The zero-order valence-electron chi connectivity index (χ0n) is 9.11. The quantitative estimate of drug-likeness (QED) is 0.869. The molecule has 0 N–H and O–H groups in total. The molecule has 0 saturated heterocycles. The minimum absolute atomic E-state index is 0.0124. The Morgan fingerprint density at radius 1 is 1.37 bits per heavy atom. The predicted octanol–water partition coefficient (Wildman–Crippen LogP) is 2.46. The van der Waals surface area contributed by atoms with Gasteiger partial charge in [-0.1, -0.05) is 16.8 Å². The van der Waals surface area contributed by atoms with Crippen molar-refractivity contribution in [2.75, 3.05) is 0 Å². The van der Waals surface area contributed by atoms with E-state index < -0.39 is 24.3 Å². The van der Waals surface area contributed by atoms with E-state index in [1.54, 1.807) is 0 Å². The largest absolute Gasteiger partial charge is 0.450 e. The molecule has 0 spiro atoms. The first-order chi connectivity index (χ1) is 8.86. The lowest BCUT2D eigenvalue weighted by Crippen LogP contribution is -2.24. The van der Waals surface area contributed by atoms with Crippen molar-refractivity contribution in [3.8, 4) is 11.5 Å². The molecule has 19 heavy (non-hydrogen) atoms. The van der Waals surface area contributed by atoms with Gasteiger partial charge in [-0.2, -0.15) is 18.2 Å². The Hall–Kier alpha value is -1.96. The Morgan fingerprint density at radius 3 is 2.68 bits per heavy atom. The molecule has 0 saturated carbocycles. The van der Waals surface area contributed by atoms with E-state index in [2.05, 4.69) is 19.6 Å². The highest BCUT2D eigenvalue weighted by Crippen LogP contribution is 2.20. The van der Waals surface area contributed by atoms with E-state index in [1.807, 2.05) is 0 Å². The Labute approximate surface area is 109 Å². The van der Waals surface area contributed by atoms with Crippen LogP contribution in [0, 0.1) is 0 Å². The minimum atomic E-state index is -4.92. The number of hydrogen-bond acceptors (Lipinski definition) is 5. The summed E-state index contributed by atoms with van der Waals surface area (Å²) in [5.41, 5.74) is 0.277. The number of nitrogens with zero attached hydrogens (tertiary/aromatic N) is 3. The van der Waals surface area contributed by atoms with Crippen molar-refractivity contribution in [2.45, 2.75) is 12.6 Å². The van der Waals surface area contributed by atoms with E-state index in [-0.39, 0.29) is 11.5 Å². The molecule has 0 fully saturated rings. The summed E-state index contributed by atoms with van der Waals surface area (Å²) in [6, 6.07) is 2.99. The van der Waals surface area contributed by atoms with Gasteiger partial charge in [-0.25, -0.2) is 0 Å². The molecule has 2 rings (SSSR count). The van der Waals surface area contributed by atoms with Crippen molar-refractivity contribution in [1.82, 2.24) is 15.1 Å². The number of carbonyl (C=O) groups excluding carboxylic acids is 1. The summed E-state index contributed by atoms with van der Waals surface area (Å²) in [6.45, 7) is 0. The van der Waals surface area contributed by atoms with Crippen molar-refractivity contribution in [2.24, 2.45) is 0 Å². The number of ketones is 1. The van der Waals surface area contributed by atoms with Gasteiger partial charge in [0.15, 0.2) is 0 Å². The van der Waals surface area contributed by atoms with Crippen LogP contribution < -0.4 is 0 Å². The summed E-state index contributed by atoms with van der Waals surface area (Å²) in [7, 11) is 0. The molecule has 2 aromatic heterocycles. The van der Waals surface area contributed by atoms with Crippen LogP contribution in [0.4, 0.5) is 13.2 Å². The molecule has 100 valence electrons. The van der Waals surface area contributed by atoms with Crippen molar-refractivity contribution < 1.29 is 22.5 Å². The molecule has 0 aliphatic rings. The highest BCUT2D eigenvalue weighted by atomic mass is 35.5. The molecule has 0 radical (unpaired) electrons. The number of rotatable bonds is 3. The zero-order chi connectivity index (χ0) is 14.0. The van der Waals surface area contributed by atoms with Gasteiger partial charge in [0.1, 0.15) is 5.69 Å². The molecule has 0 bridgehead atoms. The SMILES string of the molecule is O=C(Cc1nc(-c2ccc(Cl)cn2)no1)C(F)(F)F. The molecule has 0 aliphatic heterocycles. The Balaban J connectivity index is 2.16. The number of hydrogen-bond donors (Lipinski definition) is 0. The third kappa shape index (κ3) is 3.28. The maximum atomic E-state index is 12.0. The number of aromatic nitrogens is 3. The Bertz CT molecular complexity index is 595. The fourth-order valence-electron chi connectivity index (χ4n) is 1.18. The summed E-state index contributed by atoms with van der Waals surface area (Å²) < 4.78 is 40.7. The summed E-state index contributed by atoms with van der Waals surface area (Å²) in [4.78, 5) is 18.3. The van der Waals surface area contributed by atoms with E-state index >= 15 is 0 Å². The molecule has 0 atom stereocenters. The average Bonchev–Trinajstić information content (AvgIpc) is 2.77. The predicted molar refractivity (Wildman–Crippen MR) is 57.3 cm³/mol. The monoisotopic (exact) mass is 291 g/mol. The number of carbonyl (C=O) groups is 1. The van der Waals surface area contributed by atoms with Gasteiger partial charge in [0.05, 0.1) is 11.4 Å². The van der Waals surface area contributed by atoms with Crippen molar-refractivity contribution in [1.29, 1.82) is 0 Å². The molecule has 2 aromatic rings. The zero-order valence-corrected chi connectivity index (χ0v) is 9.87. The maximum Gasteiger partial charge on any atom is 0.450 e. The molecule has 0 aromatic carbocycles. The van der Waals surface area contributed by atoms with Gasteiger partial charge in [-0.3, -0.25) is 9.78 Å². The van der Waals surface area contributed by atoms with Crippen molar-refractivity contribution in [3.63, 3.8) is 0 Å². The first-order valence-electron chi connectivity index (χ1n) is 4.91. The smallest absolute Gasteiger partial charge is 0.338 e. The lowest BCUT2D eigenvalue weighted by molar-refractivity contribution is -0.170. The van der Waals surface area contributed by atoms with Crippen LogP contribution in [0.1, 0.15) is 5.89 Å². The topological polar surface area (TPSA) is 68.9 Å². The second-order valence-corrected chi connectivity index (χ2v) is 3.91. The van der Waals surface area contributed by atoms with Crippen molar-refractivity contribution >= 4 is 17.4 Å². The van der Waals surface area contributed by atoms with Crippen LogP contribution in [0.2, 0.25) is 5.02 Å². The van der Waals surface area contributed by atoms with Gasteiger partial charge in [0.2, 0.25) is 17.5 Å². The normalized spacial score (nSPS) is 11.6. The van der Waals surface area contributed by atoms with E-state index in [4.69, 9.17) is 11.6 Å². The van der Waals surface area contributed by atoms with Gasteiger partial charge < -0.3 is 4.52 Å². The highest BCUT2D eigenvalue weighted by molar-refractivity contribution is 6.30. The van der Waals surface area contributed by atoms with Crippen LogP contribution in [0.25, 0.3) is 11.5 Å². The number of pyridine rings is 1. The van der Waals surface area contributed by atoms with Crippen LogP contribution in [0.5, 0.6) is 0 Å². The lowest BCUT2D eigenvalue weighted by atomic mass is 10.3. The molecule has 0 unspecified atom stereocenters. The molecule has 5 nitrogen and oxygen atoms in total. The maximum absolute atomic E-state index is 12.0. The van der Waals surface area contributed by atoms with E-state index in [9.17, 15) is 18.0 Å². The van der Waals surface area contributed by atoms with E-state index in [1.165, 1.54) is 18.3 Å². The molecule has 9 heteroatoms. The van der Waals surface area contributed by atoms with Crippen LogP contribution in [-0.4, -0.2) is 27.1 Å². The highest BCUT2D eigenvalue weighted by Gasteiger charge is 2.39. The lowest BCUT2D eigenvalue weighted by Gasteiger charge is -2.00. The summed E-state index contributed by atoms with van der Waals surface area (Å²) >= 11 is 5.63. The molecule has 2 heterocycles. The minimum Gasteiger partial charge on any atom is -0.338 e. The molecule has 0 aliphatic carbocycles. The Morgan fingerprint density at radius 2 is 2.11 bits per heavy atom. The molecular weight excluding hydrogens is 287 g/mol. The molecular formula is C10H5ClF3N3O2. The first-order valence-corrected chi connectivity index (χ1v) is 5.28. The summed E-state index contributed by atoms with van der Waals surface area (Å²) in [5, 5.41) is 3.83. The molecule has 0 amide bonds. The summed E-state index contributed by atoms with van der Waals surface area (Å²) in [5.74, 6) is -2.39. The summed E-state index contributed by atoms with van der Waals surface area (Å²) in [6.07, 6.45) is -4.59. The second-order valence-electron chi connectivity index (χ2n) is 3.47. The fourth-order valence-corrected chi connectivity index (χ4v) is 1.29. The van der Waals surface area contributed by atoms with Gasteiger partial charge in [-0.15, -0.1) is 0 Å². The van der Waals surface area contributed by atoms with Gasteiger partial charge >= 0.3 is 6.18 Å². The van der Waals surface area contributed by atoms with E-state index in [0.717, 1.165) is 0 Å². The van der Waals surface area contributed by atoms with Crippen LogP contribution in [-0.2, 0) is 11.2 Å². The third-order valence-corrected chi connectivity index (χ3v) is 2.28. The standard InChI is InChI=1S/C10H5ClF3N3O2/c11-5-1-2-6(15-4-5)9-16-8(19-17-9)3-7(18)10(12,13)14/h1-2,4H,3H2. The van der Waals surface area contributed by atoms with Crippen LogP contribution in [0.15, 0.2) is 22.9 Å². The van der Waals surface area contributed by atoms with Crippen LogP contribution >= 0.6 is 11.6 Å². The van der Waals surface area contributed by atoms with E-state index in [0.29, 0.717) is 5.02 Å². The van der Waals surface area contributed by atoms with Gasteiger partial charge in [0, 0.05) is 6.20 Å². The average molecular weight is 292 g/mol. The number of alkyl halides is 3. The van der Waals surface area contributed by atoms with Gasteiger partial charge in [-0.05, 0) is 12.1 Å². The van der Waals surface area contributed by atoms with Gasteiger partial charge in [0.25, 0.3) is 0 Å². The fraction of sp³-hybridized carbons (Fsp3) is 0.200. The van der Waals surface area contributed by atoms with Crippen LogP contribution in [0.3, 0.4) is 0 Å². The second kappa shape index (κ2) is 4.96. The van der Waals surface area contributed by atoms with Crippen molar-refractivity contribution in [3.05, 3.63) is 29.2 Å². The number of Topliss-reactive ketones (excluding diaryl/α,β-unsaturated/α-hetero) is 1. The number of halogens is 4.